The second kappa shape index (κ2) is 4.67. The van der Waals surface area contributed by atoms with Gasteiger partial charge < -0.3 is 0 Å². The zero-order valence-electron chi connectivity index (χ0n) is 12.2. The number of rotatable bonds is 3. The molecule has 1 heterocycles. The summed E-state index contributed by atoms with van der Waals surface area (Å²) in [5.74, 6) is 0. The molecule has 0 aliphatic carbocycles. The SMILES string of the molecule is CC[Si]1(C)C(c2ccccc2)=CC=C1[Si](C)(C)C. The van der Waals surface area contributed by atoms with Gasteiger partial charge in [-0.3, -0.25) is 0 Å². The fourth-order valence-electron chi connectivity index (χ4n) is 3.17. The van der Waals surface area contributed by atoms with Gasteiger partial charge in [0.1, 0.15) is 8.07 Å². The van der Waals surface area contributed by atoms with Crippen LogP contribution in [0, 0.1) is 0 Å². The molecule has 1 unspecified atom stereocenters. The van der Waals surface area contributed by atoms with Crippen LogP contribution in [0.15, 0.2) is 47.3 Å². The van der Waals surface area contributed by atoms with Gasteiger partial charge in [0.05, 0.1) is 8.07 Å². The van der Waals surface area contributed by atoms with Crippen LogP contribution in [0.5, 0.6) is 0 Å². The van der Waals surface area contributed by atoms with Gasteiger partial charge in [-0.15, -0.1) is 0 Å². The Bertz CT molecular complexity index is 492. The van der Waals surface area contributed by atoms with E-state index in [1.165, 1.54) is 11.6 Å². The quantitative estimate of drug-likeness (QED) is 0.674. The van der Waals surface area contributed by atoms with Gasteiger partial charge in [0, 0.05) is 0 Å². The summed E-state index contributed by atoms with van der Waals surface area (Å²) in [7, 11) is -2.60. The molecule has 0 aromatic heterocycles. The minimum atomic E-state index is -1.41. The molecule has 1 aromatic carbocycles. The number of hydrogen-bond donors (Lipinski definition) is 0. The predicted octanol–water partition coefficient (Wildman–Crippen LogP) is 5.06. The first kappa shape index (κ1) is 13.6. The second-order valence-electron chi connectivity index (χ2n) is 6.46. The Morgan fingerprint density at radius 3 is 2.11 bits per heavy atom. The maximum absolute atomic E-state index is 2.56. The molecule has 0 N–H and O–H groups in total. The van der Waals surface area contributed by atoms with Gasteiger partial charge in [0.2, 0.25) is 0 Å². The molecule has 1 aliphatic heterocycles. The number of benzene rings is 1. The zero-order valence-corrected chi connectivity index (χ0v) is 14.2. The molecule has 0 fully saturated rings. The highest BCUT2D eigenvalue weighted by molar-refractivity contribution is 7.14. The minimum absolute atomic E-state index is 1.18. The molecule has 0 saturated heterocycles. The van der Waals surface area contributed by atoms with E-state index in [-0.39, 0.29) is 0 Å². The van der Waals surface area contributed by atoms with Crippen LogP contribution in [0.2, 0.25) is 32.2 Å². The molecular formula is C16H24Si2. The molecule has 0 nitrogen and oxygen atoms in total. The highest BCUT2D eigenvalue weighted by Gasteiger charge is 2.42. The van der Waals surface area contributed by atoms with Crippen molar-refractivity contribution in [1.29, 1.82) is 0 Å². The first-order valence-corrected chi connectivity index (χ1v) is 13.1. The van der Waals surface area contributed by atoms with Gasteiger partial charge in [-0.25, -0.2) is 0 Å². The van der Waals surface area contributed by atoms with Crippen molar-refractivity contribution >= 4 is 21.3 Å². The predicted molar refractivity (Wildman–Crippen MR) is 87.9 cm³/mol. The lowest BCUT2D eigenvalue weighted by atomic mass is 10.2. The van der Waals surface area contributed by atoms with Crippen LogP contribution in [-0.4, -0.2) is 16.1 Å². The molecule has 2 rings (SSSR count). The van der Waals surface area contributed by atoms with Crippen LogP contribution in [0.3, 0.4) is 0 Å². The van der Waals surface area contributed by atoms with E-state index in [9.17, 15) is 0 Å². The molecule has 0 radical (unpaired) electrons. The molecule has 0 spiro atoms. The molecule has 1 aliphatic rings. The second-order valence-corrected chi connectivity index (χ2v) is 16.4. The average Bonchev–Trinajstić information content (AvgIpc) is 2.68. The Hall–Kier alpha value is -0.866. The monoisotopic (exact) mass is 272 g/mol. The molecular weight excluding hydrogens is 248 g/mol. The number of hydrogen-bond acceptors (Lipinski definition) is 0. The van der Waals surface area contributed by atoms with Crippen LogP contribution in [0.25, 0.3) is 5.20 Å². The van der Waals surface area contributed by atoms with Crippen molar-refractivity contribution in [2.24, 2.45) is 0 Å². The van der Waals surface area contributed by atoms with E-state index >= 15 is 0 Å². The highest BCUT2D eigenvalue weighted by atomic mass is 28.4. The average molecular weight is 273 g/mol. The summed E-state index contributed by atoms with van der Waals surface area (Å²) in [6.45, 7) is 12.4. The van der Waals surface area contributed by atoms with Crippen LogP contribution >= 0.6 is 0 Å². The summed E-state index contributed by atoms with van der Waals surface area (Å²) in [5, 5.41) is 1.64. The lowest BCUT2D eigenvalue weighted by molar-refractivity contribution is 1.39. The van der Waals surface area contributed by atoms with Crippen molar-refractivity contribution < 1.29 is 0 Å². The molecule has 1 aromatic rings. The molecule has 0 saturated carbocycles. The fourth-order valence-corrected chi connectivity index (χ4v) is 14.1. The standard InChI is InChI=1S/C16H24Si2/c1-6-18(5)15(14-10-8-7-9-11-14)12-13-16(18)17(2,3)4/h7-13H,6H2,1-5H3. The molecule has 2 heteroatoms. The molecule has 96 valence electrons. The van der Waals surface area contributed by atoms with Crippen LogP contribution < -0.4 is 0 Å². The summed E-state index contributed by atoms with van der Waals surface area (Å²) in [5.41, 5.74) is 1.44. The third-order valence-electron chi connectivity index (χ3n) is 4.21. The van der Waals surface area contributed by atoms with Crippen molar-refractivity contribution in [2.75, 3.05) is 0 Å². The lowest BCUT2D eigenvalue weighted by Gasteiger charge is -2.35. The van der Waals surface area contributed by atoms with Gasteiger partial charge >= 0.3 is 0 Å². The summed E-state index contributed by atoms with van der Waals surface area (Å²) in [4.78, 5) is 1.83. The van der Waals surface area contributed by atoms with Gasteiger partial charge in [0.25, 0.3) is 0 Å². The van der Waals surface area contributed by atoms with Crippen LogP contribution in [0.1, 0.15) is 12.5 Å². The van der Waals surface area contributed by atoms with E-state index in [2.05, 4.69) is 75.6 Å². The van der Waals surface area contributed by atoms with Crippen molar-refractivity contribution in [3.8, 4) is 0 Å². The highest BCUT2D eigenvalue weighted by Crippen LogP contribution is 2.42. The minimum Gasteiger partial charge on any atom is -0.0862 e. The van der Waals surface area contributed by atoms with Crippen LogP contribution in [0.4, 0.5) is 0 Å². The van der Waals surface area contributed by atoms with Crippen molar-refractivity contribution in [2.45, 2.75) is 39.2 Å². The number of allylic oxidation sites excluding steroid dienone is 2. The van der Waals surface area contributed by atoms with E-state index in [1.54, 1.807) is 5.20 Å². The van der Waals surface area contributed by atoms with Crippen molar-refractivity contribution in [1.82, 2.24) is 0 Å². The first-order chi connectivity index (χ1) is 8.39. The smallest absolute Gasteiger partial charge is 0.0862 e. The van der Waals surface area contributed by atoms with Gasteiger partial charge in [-0.05, 0) is 10.8 Å². The zero-order chi connectivity index (χ0) is 13.4. The normalized spacial score (nSPS) is 23.8. The van der Waals surface area contributed by atoms with Crippen molar-refractivity contribution in [3.05, 3.63) is 52.9 Å². The summed E-state index contributed by atoms with van der Waals surface area (Å²) in [6.07, 6.45) is 4.88. The molecule has 18 heavy (non-hydrogen) atoms. The molecule has 0 bridgehead atoms. The van der Waals surface area contributed by atoms with Crippen molar-refractivity contribution in [3.63, 3.8) is 0 Å². The first-order valence-electron chi connectivity index (χ1n) is 6.88. The van der Waals surface area contributed by atoms with Gasteiger partial charge in [-0.1, -0.05) is 86.5 Å². The van der Waals surface area contributed by atoms with E-state index in [1.807, 2.05) is 4.82 Å². The third-order valence-corrected chi connectivity index (χ3v) is 14.3. The van der Waals surface area contributed by atoms with E-state index in [0.717, 1.165) is 0 Å². The Balaban J connectivity index is 2.44. The van der Waals surface area contributed by atoms with Crippen LogP contribution in [-0.2, 0) is 0 Å². The van der Waals surface area contributed by atoms with Gasteiger partial charge in [-0.2, -0.15) is 0 Å². The Labute approximate surface area is 113 Å². The van der Waals surface area contributed by atoms with Gasteiger partial charge in [0.15, 0.2) is 0 Å². The summed E-state index contributed by atoms with van der Waals surface area (Å²) >= 11 is 0. The third kappa shape index (κ3) is 2.19. The Kier molecular flexibility index (Phi) is 3.52. The molecule has 0 amide bonds. The van der Waals surface area contributed by atoms with E-state index in [0.29, 0.717) is 0 Å². The Morgan fingerprint density at radius 1 is 1.00 bits per heavy atom. The summed E-state index contributed by atoms with van der Waals surface area (Å²) < 4.78 is 0. The van der Waals surface area contributed by atoms with E-state index in [4.69, 9.17) is 0 Å². The topological polar surface area (TPSA) is 0 Å². The fraction of sp³-hybridized carbons (Fsp3) is 0.375. The summed E-state index contributed by atoms with van der Waals surface area (Å²) in [6, 6.07) is 12.3. The molecule has 1 atom stereocenters. The lowest BCUT2D eigenvalue weighted by Crippen LogP contribution is -2.43. The maximum Gasteiger partial charge on any atom is 0.107 e. The Morgan fingerprint density at radius 2 is 1.61 bits per heavy atom. The largest absolute Gasteiger partial charge is 0.107 e. The van der Waals surface area contributed by atoms with E-state index < -0.39 is 16.1 Å². The maximum atomic E-state index is 2.56.